The molecule has 3 rings (SSSR count). The number of aromatic nitrogens is 2. The molecule has 1 N–H and O–H groups in total. The Hall–Kier alpha value is -2.92. The van der Waals surface area contributed by atoms with E-state index in [4.69, 9.17) is 11.6 Å². The molecule has 1 aromatic heterocycles. The van der Waals surface area contributed by atoms with Gasteiger partial charge in [0.05, 0.1) is 5.69 Å². The van der Waals surface area contributed by atoms with Gasteiger partial charge in [-0.25, -0.2) is 4.68 Å². The van der Waals surface area contributed by atoms with E-state index in [2.05, 4.69) is 10.4 Å². The molecule has 0 aliphatic heterocycles. The number of nitrogens with one attached hydrogen (secondary N) is 1. The van der Waals surface area contributed by atoms with Crippen LogP contribution in [0.3, 0.4) is 0 Å². The van der Waals surface area contributed by atoms with Crippen LogP contribution < -0.4 is 10.9 Å². The molecule has 1 amide bonds. The van der Waals surface area contributed by atoms with Crippen molar-refractivity contribution in [3.8, 4) is 11.3 Å². The van der Waals surface area contributed by atoms with E-state index >= 15 is 0 Å². The van der Waals surface area contributed by atoms with Crippen molar-refractivity contribution < 1.29 is 4.79 Å². The predicted octanol–water partition coefficient (Wildman–Crippen LogP) is 3.98. The second-order valence-corrected chi connectivity index (χ2v) is 6.24. The number of amides is 1. The SMILES string of the molecule is O=C(CCCn1nc(-c2ccccc2)ccc1=O)Nc1cccc(Cl)c1. The van der Waals surface area contributed by atoms with Crippen LogP contribution in [0.5, 0.6) is 0 Å². The van der Waals surface area contributed by atoms with Gasteiger partial charge in [0.15, 0.2) is 0 Å². The third-order valence-corrected chi connectivity index (χ3v) is 4.05. The van der Waals surface area contributed by atoms with Crippen LogP contribution in [0.15, 0.2) is 71.5 Å². The van der Waals surface area contributed by atoms with Crippen molar-refractivity contribution in [1.29, 1.82) is 0 Å². The minimum atomic E-state index is -0.181. The maximum absolute atomic E-state index is 12.0. The van der Waals surface area contributed by atoms with E-state index in [1.165, 1.54) is 10.7 Å². The van der Waals surface area contributed by atoms with Crippen LogP contribution in [0.2, 0.25) is 5.02 Å². The number of rotatable bonds is 6. The molecule has 0 radical (unpaired) electrons. The highest BCUT2D eigenvalue weighted by atomic mass is 35.5. The zero-order chi connectivity index (χ0) is 18.4. The van der Waals surface area contributed by atoms with E-state index in [-0.39, 0.29) is 17.9 Å². The molecule has 0 saturated heterocycles. The number of nitrogens with zero attached hydrogens (tertiary/aromatic N) is 2. The summed E-state index contributed by atoms with van der Waals surface area (Å²) in [4.78, 5) is 24.0. The quantitative estimate of drug-likeness (QED) is 0.716. The molecule has 1 heterocycles. The van der Waals surface area contributed by atoms with Crippen molar-refractivity contribution in [1.82, 2.24) is 9.78 Å². The maximum Gasteiger partial charge on any atom is 0.266 e. The van der Waals surface area contributed by atoms with Gasteiger partial charge in [0.1, 0.15) is 0 Å². The highest BCUT2D eigenvalue weighted by molar-refractivity contribution is 6.30. The lowest BCUT2D eigenvalue weighted by molar-refractivity contribution is -0.116. The molecule has 5 nitrogen and oxygen atoms in total. The second kappa shape index (κ2) is 8.45. The van der Waals surface area contributed by atoms with Gasteiger partial charge in [-0.2, -0.15) is 5.10 Å². The van der Waals surface area contributed by atoms with E-state index in [1.807, 2.05) is 30.3 Å². The van der Waals surface area contributed by atoms with Crippen LogP contribution in [-0.4, -0.2) is 15.7 Å². The van der Waals surface area contributed by atoms with Crippen LogP contribution in [0, 0.1) is 0 Å². The minimum absolute atomic E-state index is 0.125. The average Bonchev–Trinajstić information content (AvgIpc) is 2.64. The van der Waals surface area contributed by atoms with Gasteiger partial charge in [0, 0.05) is 35.3 Å². The molecule has 0 bridgehead atoms. The lowest BCUT2D eigenvalue weighted by Crippen LogP contribution is -2.23. The van der Waals surface area contributed by atoms with Gasteiger partial charge in [0.2, 0.25) is 5.91 Å². The molecule has 6 heteroatoms. The molecular weight excluding hydrogens is 350 g/mol. The van der Waals surface area contributed by atoms with Crippen molar-refractivity contribution in [3.63, 3.8) is 0 Å². The first-order valence-electron chi connectivity index (χ1n) is 8.31. The Morgan fingerprint density at radius 1 is 1.04 bits per heavy atom. The fourth-order valence-electron chi connectivity index (χ4n) is 2.55. The smallest absolute Gasteiger partial charge is 0.266 e. The number of carbonyl (C=O) groups excluding carboxylic acids is 1. The number of anilines is 1. The van der Waals surface area contributed by atoms with Crippen LogP contribution in [-0.2, 0) is 11.3 Å². The first-order chi connectivity index (χ1) is 12.6. The minimum Gasteiger partial charge on any atom is -0.326 e. The van der Waals surface area contributed by atoms with Gasteiger partial charge in [-0.3, -0.25) is 9.59 Å². The summed E-state index contributed by atoms with van der Waals surface area (Å²) in [6, 6.07) is 19.9. The Bertz CT molecular complexity index is 955. The summed E-state index contributed by atoms with van der Waals surface area (Å²) < 4.78 is 1.40. The normalized spacial score (nSPS) is 10.5. The van der Waals surface area contributed by atoms with E-state index in [0.29, 0.717) is 23.7 Å². The van der Waals surface area contributed by atoms with Gasteiger partial charge < -0.3 is 5.32 Å². The first-order valence-corrected chi connectivity index (χ1v) is 8.68. The lowest BCUT2D eigenvalue weighted by atomic mass is 10.1. The fourth-order valence-corrected chi connectivity index (χ4v) is 2.74. The lowest BCUT2D eigenvalue weighted by Gasteiger charge is -2.08. The van der Waals surface area contributed by atoms with Gasteiger partial charge in [-0.15, -0.1) is 0 Å². The summed E-state index contributed by atoms with van der Waals surface area (Å²) in [7, 11) is 0. The van der Waals surface area contributed by atoms with E-state index in [0.717, 1.165) is 11.3 Å². The third kappa shape index (κ3) is 4.80. The summed E-state index contributed by atoms with van der Waals surface area (Å²) in [5, 5.41) is 7.75. The van der Waals surface area contributed by atoms with Gasteiger partial charge in [0.25, 0.3) is 5.56 Å². The van der Waals surface area contributed by atoms with Crippen LogP contribution >= 0.6 is 11.6 Å². The zero-order valence-electron chi connectivity index (χ0n) is 14.1. The molecule has 0 saturated carbocycles. The summed E-state index contributed by atoms with van der Waals surface area (Å²) in [6.45, 7) is 0.377. The number of hydrogen-bond acceptors (Lipinski definition) is 3. The topological polar surface area (TPSA) is 64.0 Å². The molecule has 0 aliphatic carbocycles. The van der Waals surface area contributed by atoms with Gasteiger partial charge in [-0.05, 0) is 30.7 Å². The molecule has 2 aromatic carbocycles. The first kappa shape index (κ1) is 17.9. The second-order valence-electron chi connectivity index (χ2n) is 5.81. The standard InChI is InChI=1S/C20H18ClN3O2/c21-16-8-4-9-17(14-16)22-19(25)10-5-13-24-20(26)12-11-18(23-24)15-6-2-1-3-7-15/h1-4,6-9,11-12,14H,5,10,13H2,(H,22,25). The van der Waals surface area contributed by atoms with Crippen molar-refractivity contribution in [2.45, 2.75) is 19.4 Å². The predicted molar refractivity (Wildman–Crippen MR) is 103 cm³/mol. The summed E-state index contributed by atoms with van der Waals surface area (Å²) >= 11 is 5.90. The molecule has 0 spiro atoms. The number of aryl methyl sites for hydroxylation is 1. The molecule has 0 aliphatic rings. The van der Waals surface area contributed by atoms with Gasteiger partial charge >= 0.3 is 0 Å². The number of carbonyl (C=O) groups is 1. The molecular formula is C20H18ClN3O2. The highest BCUT2D eigenvalue weighted by Crippen LogP contribution is 2.16. The summed E-state index contributed by atoms with van der Waals surface area (Å²) in [5.41, 5.74) is 2.15. The van der Waals surface area contributed by atoms with Gasteiger partial charge in [-0.1, -0.05) is 48.0 Å². The molecule has 26 heavy (non-hydrogen) atoms. The van der Waals surface area contributed by atoms with Crippen molar-refractivity contribution in [2.24, 2.45) is 0 Å². The monoisotopic (exact) mass is 367 g/mol. The third-order valence-electron chi connectivity index (χ3n) is 3.82. The van der Waals surface area contributed by atoms with E-state index < -0.39 is 0 Å². The molecule has 132 valence electrons. The Morgan fingerprint density at radius 2 is 1.85 bits per heavy atom. The highest BCUT2D eigenvalue weighted by Gasteiger charge is 2.06. The van der Waals surface area contributed by atoms with Crippen LogP contribution in [0.4, 0.5) is 5.69 Å². The van der Waals surface area contributed by atoms with Crippen molar-refractivity contribution in [2.75, 3.05) is 5.32 Å². The van der Waals surface area contributed by atoms with Crippen LogP contribution in [0.25, 0.3) is 11.3 Å². The Balaban J connectivity index is 1.59. The molecule has 0 atom stereocenters. The Labute approximate surface area is 156 Å². The molecule has 0 unspecified atom stereocenters. The maximum atomic E-state index is 12.0. The fraction of sp³-hybridized carbons (Fsp3) is 0.150. The van der Waals surface area contributed by atoms with Crippen LogP contribution in [0.1, 0.15) is 12.8 Å². The van der Waals surface area contributed by atoms with E-state index in [1.54, 1.807) is 30.3 Å². The molecule has 3 aromatic rings. The largest absolute Gasteiger partial charge is 0.326 e. The van der Waals surface area contributed by atoms with Crippen molar-refractivity contribution in [3.05, 3.63) is 82.1 Å². The number of benzene rings is 2. The number of hydrogen-bond donors (Lipinski definition) is 1. The van der Waals surface area contributed by atoms with Crippen molar-refractivity contribution >= 4 is 23.2 Å². The Morgan fingerprint density at radius 3 is 2.62 bits per heavy atom. The molecule has 0 fully saturated rings. The summed E-state index contributed by atoms with van der Waals surface area (Å²) in [6.07, 6.45) is 0.799. The Kier molecular flexibility index (Phi) is 5.81. The number of halogens is 1. The summed E-state index contributed by atoms with van der Waals surface area (Å²) in [5.74, 6) is -0.125. The average molecular weight is 368 g/mol. The zero-order valence-corrected chi connectivity index (χ0v) is 14.8. The van der Waals surface area contributed by atoms with E-state index in [9.17, 15) is 9.59 Å².